The van der Waals surface area contributed by atoms with E-state index in [-0.39, 0.29) is 5.82 Å². The second-order valence-electron chi connectivity index (χ2n) is 7.68. The van der Waals surface area contributed by atoms with Gasteiger partial charge in [-0.1, -0.05) is 38.1 Å². The summed E-state index contributed by atoms with van der Waals surface area (Å²) in [6.07, 6.45) is -4.32. The quantitative estimate of drug-likeness (QED) is 0.454. The number of phenols is 1. The summed E-state index contributed by atoms with van der Waals surface area (Å²) in [6, 6.07) is 9.37. The van der Waals surface area contributed by atoms with Gasteiger partial charge in [-0.25, -0.2) is 9.37 Å². The summed E-state index contributed by atoms with van der Waals surface area (Å²) in [5.74, 6) is -1.87. The van der Waals surface area contributed by atoms with Gasteiger partial charge in [0, 0.05) is 17.1 Å². The van der Waals surface area contributed by atoms with E-state index in [1.807, 2.05) is 0 Å². The maximum absolute atomic E-state index is 14.2. The van der Waals surface area contributed by atoms with Crippen LogP contribution in [0.4, 0.5) is 23.4 Å². The highest BCUT2D eigenvalue weighted by molar-refractivity contribution is 5.91. The number of hydrogen-bond donors (Lipinski definition) is 3. The number of aliphatic hydroxyl groups is 1. The number of rotatable bonds is 6. The number of fused-ring (bicyclic) bond motifs is 1. The van der Waals surface area contributed by atoms with Crippen molar-refractivity contribution in [2.24, 2.45) is 5.92 Å². The normalized spacial score (nSPS) is 15.2. The van der Waals surface area contributed by atoms with Crippen molar-refractivity contribution < 1.29 is 27.8 Å². The molecule has 0 saturated heterocycles. The lowest BCUT2D eigenvalue weighted by molar-refractivity contribution is -0.272. The van der Waals surface area contributed by atoms with Crippen LogP contribution in [-0.4, -0.2) is 27.0 Å². The lowest BCUT2D eigenvalue weighted by Gasteiger charge is -2.40. The standard InChI is InChI=1S/C22H22F4N2O2/c1-13(2)12-21(30,22(24,25)26)19(17-11-15(23)7-8-18(17)29)28-20-16-6-4-3-5-14(16)9-10-27-20/h3-11,13,19,29-30H,12H2,1-2H3,(H,27,28). The molecule has 0 saturated carbocycles. The van der Waals surface area contributed by atoms with Crippen molar-refractivity contribution in [2.75, 3.05) is 5.32 Å². The average molecular weight is 422 g/mol. The van der Waals surface area contributed by atoms with Gasteiger partial charge in [0.1, 0.15) is 17.4 Å². The molecule has 4 nitrogen and oxygen atoms in total. The van der Waals surface area contributed by atoms with E-state index in [4.69, 9.17) is 0 Å². The highest BCUT2D eigenvalue weighted by Crippen LogP contribution is 2.47. The molecule has 3 N–H and O–H groups in total. The minimum absolute atomic E-state index is 0.0770. The lowest BCUT2D eigenvalue weighted by atomic mass is 9.81. The average Bonchev–Trinajstić information content (AvgIpc) is 2.66. The van der Waals surface area contributed by atoms with Crippen LogP contribution >= 0.6 is 0 Å². The monoisotopic (exact) mass is 422 g/mol. The summed E-state index contributed by atoms with van der Waals surface area (Å²) in [5.41, 5.74) is -3.71. The molecule has 3 aromatic rings. The molecule has 1 heterocycles. The summed E-state index contributed by atoms with van der Waals surface area (Å²) in [5, 5.41) is 25.1. The lowest BCUT2D eigenvalue weighted by Crippen LogP contribution is -2.53. The Balaban J connectivity index is 2.22. The second-order valence-corrected chi connectivity index (χ2v) is 7.68. The molecular formula is C22H22F4N2O2. The van der Waals surface area contributed by atoms with Crippen LogP contribution in [0, 0.1) is 11.7 Å². The van der Waals surface area contributed by atoms with Gasteiger partial charge in [-0.3, -0.25) is 0 Å². The van der Waals surface area contributed by atoms with Crippen LogP contribution in [0.1, 0.15) is 31.9 Å². The van der Waals surface area contributed by atoms with Gasteiger partial charge in [0.2, 0.25) is 0 Å². The first-order valence-electron chi connectivity index (χ1n) is 9.40. The predicted octanol–water partition coefficient (Wildman–Crippen LogP) is 5.57. The fourth-order valence-electron chi connectivity index (χ4n) is 3.60. The molecule has 0 fully saturated rings. The fourth-order valence-corrected chi connectivity index (χ4v) is 3.60. The molecule has 160 valence electrons. The molecule has 0 aliphatic rings. The molecule has 2 aromatic carbocycles. The van der Waals surface area contributed by atoms with E-state index in [2.05, 4.69) is 10.3 Å². The van der Waals surface area contributed by atoms with Crippen molar-refractivity contribution in [3.8, 4) is 5.75 Å². The topological polar surface area (TPSA) is 65.4 Å². The highest BCUT2D eigenvalue weighted by atomic mass is 19.4. The molecule has 30 heavy (non-hydrogen) atoms. The number of nitrogens with zero attached hydrogens (tertiary/aromatic N) is 1. The van der Waals surface area contributed by atoms with Gasteiger partial charge in [0.25, 0.3) is 0 Å². The van der Waals surface area contributed by atoms with Gasteiger partial charge >= 0.3 is 6.18 Å². The first-order chi connectivity index (χ1) is 14.0. The Morgan fingerprint density at radius 2 is 1.77 bits per heavy atom. The molecule has 0 aliphatic carbocycles. The number of aromatic nitrogens is 1. The number of pyridine rings is 1. The van der Waals surface area contributed by atoms with Gasteiger partial charge in [0.15, 0.2) is 5.60 Å². The Morgan fingerprint density at radius 3 is 2.43 bits per heavy atom. The van der Waals surface area contributed by atoms with Crippen LogP contribution < -0.4 is 5.32 Å². The fraction of sp³-hybridized carbons (Fsp3) is 0.318. The second kappa shape index (κ2) is 8.10. The molecule has 0 amide bonds. The van der Waals surface area contributed by atoms with E-state index >= 15 is 0 Å². The van der Waals surface area contributed by atoms with E-state index in [1.54, 1.807) is 30.3 Å². The number of nitrogens with one attached hydrogen (secondary N) is 1. The van der Waals surface area contributed by atoms with Gasteiger partial charge < -0.3 is 15.5 Å². The summed E-state index contributed by atoms with van der Waals surface area (Å²) in [7, 11) is 0. The Labute approximate surface area is 171 Å². The Bertz CT molecular complexity index is 1030. The molecule has 2 unspecified atom stereocenters. The zero-order chi connectivity index (χ0) is 22.1. The Kier molecular flexibility index (Phi) is 5.90. The van der Waals surface area contributed by atoms with Crippen molar-refractivity contribution in [1.29, 1.82) is 0 Å². The SMILES string of the molecule is CC(C)CC(O)(C(Nc1nccc2ccccc12)c1cc(F)ccc1O)C(F)(F)F. The zero-order valence-electron chi connectivity index (χ0n) is 16.4. The first-order valence-corrected chi connectivity index (χ1v) is 9.40. The van der Waals surface area contributed by atoms with E-state index in [1.165, 1.54) is 20.0 Å². The maximum atomic E-state index is 14.2. The molecule has 0 radical (unpaired) electrons. The van der Waals surface area contributed by atoms with Crippen LogP contribution in [-0.2, 0) is 0 Å². The molecule has 8 heteroatoms. The summed E-state index contributed by atoms with van der Waals surface area (Å²) >= 11 is 0. The number of alkyl halides is 3. The van der Waals surface area contributed by atoms with Gasteiger partial charge in [-0.05, 0) is 42.0 Å². The van der Waals surface area contributed by atoms with Crippen LogP contribution in [0.5, 0.6) is 5.75 Å². The van der Waals surface area contributed by atoms with E-state index in [9.17, 15) is 27.8 Å². The number of aromatic hydroxyl groups is 1. The third kappa shape index (κ3) is 4.18. The first kappa shape index (κ1) is 21.8. The number of hydrogen-bond acceptors (Lipinski definition) is 4. The van der Waals surface area contributed by atoms with Crippen molar-refractivity contribution in [1.82, 2.24) is 4.98 Å². The third-order valence-corrected chi connectivity index (χ3v) is 4.94. The zero-order valence-corrected chi connectivity index (χ0v) is 16.4. The van der Waals surface area contributed by atoms with Crippen molar-refractivity contribution in [2.45, 2.75) is 38.1 Å². The molecule has 1 aromatic heterocycles. The van der Waals surface area contributed by atoms with Crippen LogP contribution in [0.2, 0.25) is 0 Å². The maximum Gasteiger partial charge on any atom is 0.419 e. The van der Waals surface area contributed by atoms with Gasteiger partial charge in [-0.15, -0.1) is 0 Å². The molecule has 0 bridgehead atoms. The molecule has 0 spiro atoms. The van der Waals surface area contributed by atoms with Gasteiger partial charge in [0.05, 0.1) is 6.04 Å². The van der Waals surface area contributed by atoms with E-state index < -0.39 is 47.3 Å². The smallest absolute Gasteiger partial charge is 0.419 e. The van der Waals surface area contributed by atoms with Crippen molar-refractivity contribution in [3.63, 3.8) is 0 Å². The van der Waals surface area contributed by atoms with Crippen LogP contribution in [0.3, 0.4) is 0 Å². The van der Waals surface area contributed by atoms with E-state index in [0.717, 1.165) is 23.6 Å². The Morgan fingerprint density at radius 1 is 1.07 bits per heavy atom. The minimum Gasteiger partial charge on any atom is -0.508 e. The highest BCUT2D eigenvalue weighted by Gasteiger charge is 2.59. The molecular weight excluding hydrogens is 400 g/mol. The van der Waals surface area contributed by atoms with Crippen LogP contribution in [0.25, 0.3) is 10.8 Å². The van der Waals surface area contributed by atoms with Crippen molar-refractivity contribution in [3.05, 3.63) is 66.1 Å². The van der Waals surface area contributed by atoms with E-state index in [0.29, 0.717) is 5.39 Å². The number of anilines is 1. The van der Waals surface area contributed by atoms with Crippen LogP contribution in [0.15, 0.2) is 54.7 Å². The number of benzene rings is 2. The minimum atomic E-state index is -5.07. The molecule has 0 aliphatic heterocycles. The summed E-state index contributed by atoms with van der Waals surface area (Å²) in [6.45, 7) is 3.07. The summed E-state index contributed by atoms with van der Waals surface area (Å²) < 4.78 is 56.4. The largest absolute Gasteiger partial charge is 0.508 e. The molecule has 3 rings (SSSR count). The third-order valence-electron chi connectivity index (χ3n) is 4.94. The number of halogens is 4. The van der Waals surface area contributed by atoms with Crippen molar-refractivity contribution >= 4 is 16.6 Å². The van der Waals surface area contributed by atoms with Gasteiger partial charge in [-0.2, -0.15) is 13.2 Å². The molecule has 2 atom stereocenters. The Hall–Kier alpha value is -2.87. The number of phenolic OH excluding ortho intramolecular Hbond substituents is 1. The summed E-state index contributed by atoms with van der Waals surface area (Å²) in [4.78, 5) is 4.13. The predicted molar refractivity (Wildman–Crippen MR) is 107 cm³/mol.